The quantitative estimate of drug-likeness (QED) is 0.646. The average molecular weight is 303 g/mol. The number of nitrogens with one attached hydrogen (secondary N) is 1. The molecule has 4 nitrogen and oxygen atoms in total. The van der Waals surface area contributed by atoms with Gasteiger partial charge < -0.3 is 15.8 Å². The van der Waals surface area contributed by atoms with Crippen LogP contribution in [-0.2, 0) is 6.54 Å². The monoisotopic (exact) mass is 303 g/mol. The highest BCUT2D eigenvalue weighted by molar-refractivity contribution is 5.78. The first-order valence-electron chi connectivity index (χ1n) is 8.37. The summed E-state index contributed by atoms with van der Waals surface area (Å²) >= 11 is 0. The van der Waals surface area contributed by atoms with Gasteiger partial charge in [0.1, 0.15) is 5.75 Å². The van der Waals surface area contributed by atoms with Crippen LogP contribution < -0.4 is 15.8 Å². The first-order valence-corrected chi connectivity index (χ1v) is 8.37. The molecule has 0 amide bonds. The van der Waals surface area contributed by atoms with Gasteiger partial charge in [0, 0.05) is 11.6 Å². The average Bonchev–Trinajstić information content (AvgIpc) is 2.47. The summed E-state index contributed by atoms with van der Waals surface area (Å²) in [6.07, 6.45) is 6.46. The minimum atomic E-state index is 0.155. The van der Waals surface area contributed by atoms with Crippen molar-refractivity contribution >= 4 is 5.96 Å². The van der Waals surface area contributed by atoms with E-state index >= 15 is 0 Å². The zero-order valence-electron chi connectivity index (χ0n) is 14.1. The number of ether oxygens (including phenoxy) is 1. The Balaban J connectivity index is 1.98. The summed E-state index contributed by atoms with van der Waals surface area (Å²) in [6.45, 7) is 6.69. The molecule has 0 heterocycles. The molecular weight excluding hydrogens is 274 g/mol. The third-order valence-corrected chi connectivity index (χ3v) is 3.96. The van der Waals surface area contributed by atoms with E-state index in [0.717, 1.165) is 11.3 Å². The molecule has 1 fully saturated rings. The lowest BCUT2D eigenvalue weighted by molar-refractivity contribution is 0.240. The van der Waals surface area contributed by atoms with Crippen molar-refractivity contribution in [2.24, 2.45) is 10.7 Å². The van der Waals surface area contributed by atoms with Crippen LogP contribution in [0.3, 0.4) is 0 Å². The number of nitrogens with two attached hydrogens (primary N) is 1. The fourth-order valence-electron chi connectivity index (χ4n) is 2.83. The Kier molecular flexibility index (Phi) is 6.10. The van der Waals surface area contributed by atoms with Gasteiger partial charge in [0.15, 0.2) is 5.96 Å². The SMILES string of the molecule is Cc1ccc(CN=C(N)NC2CCCCC2)c(OC(C)C)c1. The minimum absolute atomic E-state index is 0.155. The van der Waals surface area contributed by atoms with Crippen molar-refractivity contribution in [1.29, 1.82) is 0 Å². The number of benzene rings is 1. The Bertz CT molecular complexity index is 505. The smallest absolute Gasteiger partial charge is 0.189 e. The molecule has 1 aliphatic carbocycles. The lowest BCUT2D eigenvalue weighted by Crippen LogP contribution is -2.41. The van der Waals surface area contributed by atoms with E-state index in [1.807, 2.05) is 13.8 Å². The van der Waals surface area contributed by atoms with Gasteiger partial charge in [-0.3, -0.25) is 0 Å². The van der Waals surface area contributed by atoms with Crippen LogP contribution in [0.2, 0.25) is 0 Å². The summed E-state index contributed by atoms with van der Waals surface area (Å²) in [6, 6.07) is 6.71. The number of aryl methyl sites for hydroxylation is 1. The topological polar surface area (TPSA) is 59.6 Å². The summed E-state index contributed by atoms with van der Waals surface area (Å²) in [4.78, 5) is 4.49. The van der Waals surface area contributed by atoms with Gasteiger partial charge in [-0.1, -0.05) is 31.4 Å². The van der Waals surface area contributed by atoms with Gasteiger partial charge in [0.25, 0.3) is 0 Å². The second kappa shape index (κ2) is 8.06. The van der Waals surface area contributed by atoms with E-state index in [2.05, 4.69) is 35.4 Å². The predicted molar refractivity (Wildman–Crippen MR) is 92.3 cm³/mol. The van der Waals surface area contributed by atoms with Gasteiger partial charge in [-0.25, -0.2) is 4.99 Å². The van der Waals surface area contributed by atoms with E-state index in [4.69, 9.17) is 10.5 Å². The maximum absolute atomic E-state index is 6.03. The molecule has 22 heavy (non-hydrogen) atoms. The molecule has 0 saturated heterocycles. The number of aliphatic imine (C=N–C) groups is 1. The van der Waals surface area contributed by atoms with E-state index < -0.39 is 0 Å². The molecular formula is C18H29N3O. The molecule has 1 saturated carbocycles. The number of hydrogen-bond acceptors (Lipinski definition) is 2. The highest BCUT2D eigenvalue weighted by atomic mass is 16.5. The van der Waals surface area contributed by atoms with Crippen LogP contribution in [0.5, 0.6) is 5.75 Å². The van der Waals surface area contributed by atoms with Gasteiger partial charge >= 0.3 is 0 Å². The Hall–Kier alpha value is -1.71. The fourth-order valence-corrected chi connectivity index (χ4v) is 2.83. The molecule has 3 N–H and O–H groups in total. The lowest BCUT2D eigenvalue weighted by atomic mass is 9.96. The van der Waals surface area contributed by atoms with Crippen molar-refractivity contribution in [2.75, 3.05) is 0 Å². The van der Waals surface area contributed by atoms with E-state index in [-0.39, 0.29) is 6.10 Å². The normalized spacial score (nSPS) is 16.8. The Labute approximate surface area is 134 Å². The second-order valence-corrected chi connectivity index (χ2v) is 6.46. The first kappa shape index (κ1) is 16.7. The van der Waals surface area contributed by atoms with Crippen molar-refractivity contribution in [2.45, 2.75) is 71.6 Å². The Morgan fingerprint density at radius 1 is 1.32 bits per heavy atom. The first-order chi connectivity index (χ1) is 10.5. The number of guanidine groups is 1. The molecule has 0 spiro atoms. The van der Waals surface area contributed by atoms with Crippen molar-refractivity contribution in [1.82, 2.24) is 5.32 Å². The van der Waals surface area contributed by atoms with Gasteiger partial charge in [-0.2, -0.15) is 0 Å². The number of hydrogen-bond donors (Lipinski definition) is 2. The van der Waals surface area contributed by atoms with Crippen molar-refractivity contribution in [3.63, 3.8) is 0 Å². The molecule has 0 bridgehead atoms. The number of rotatable bonds is 5. The third kappa shape index (κ3) is 5.24. The van der Waals surface area contributed by atoms with Gasteiger partial charge in [-0.15, -0.1) is 0 Å². The van der Waals surface area contributed by atoms with Crippen LogP contribution in [0, 0.1) is 6.92 Å². The summed E-state index contributed by atoms with van der Waals surface area (Å²) < 4.78 is 5.88. The highest BCUT2D eigenvalue weighted by Crippen LogP contribution is 2.22. The zero-order chi connectivity index (χ0) is 15.9. The minimum Gasteiger partial charge on any atom is -0.491 e. The molecule has 4 heteroatoms. The van der Waals surface area contributed by atoms with Crippen molar-refractivity contribution in [3.8, 4) is 5.75 Å². The maximum atomic E-state index is 6.03. The molecule has 0 aliphatic heterocycles. The molecule has 0 radical (unpaired) electrons. The zero-order valence-corrected chi connectivity index (χ0v) is 14.1. The van der Waals surface area contributed by atoms with Crippen LogP contribution in [0.15, 0.2) is 23.2 Å². The van der Waals surface area contributed by atoms with Crippen LogP contribution in [-0.4, -0.2) is 18.1 Å². The van der Waals surface area contributed by atoms with E-state index in [1.165, 1.54) is 37.7 Å². The molecule has 1 aromatic rings. The maximum Gasteiger partial charge on any atom is 0.189 e. The van der Waals surface area contributed by atoms with Crippen LogP contribution >= 0.6 is 0 Å². The van der Waals surface area contributed by atoms with E-state index in [0.29, 0.717) is 18.5 Å². The van der Waals surface area contributed by atoms with Crippen LogP contribution in [0.25, 0.3) is 0 Å². The van der Waals surface area contributed by atoms with E-state index in [9.17, 15) is 0 Å². The Morgan fingerprint density at radius 2 is 2.05 bits per heavy atom. The summed E-state index contributed by atoms with van der Waals surface area (Å²) in [5.74, 6) is 1.45. The van der Waals surface area contributed by atoms with E-state index in [1.54, 1.807) is 0 Å². The third-order valence-electron chi connectivity index (χ3n) is 3.96. The highest BCUT2D eigenvalue weighted by Gasteiger charge is 2.13. The largest absolute Gasteiger partial charge is 0.491 e. The second-order valence-electron chi connectivity index (χ2n) is 6.46. The Morgan fingerprint density at radius 3 is 2.73 bits per heavy atom. The van der Waals surface area contributed by atoms with Crippen molar-refractivity contribution in [3.05, 3.63) is 29.3 Å². The fraction of sp³-hybridized carbons (Fsp3) is 0.611. The van der Waals surface area contributed by atoms with Crippen LogP contribution in [0.4, 0.5) is 0 Å². The summed E-state index contributed by atoms with van der Waals surface area (Å²) in [7, 11) is 0. The van der Waals surface area contributed by atoms with Crippen molar-refractivity contribution < 1.29 is 4.74 Å². The molecule has 0 atom stereocenters. The molecule has 1 aliphatic rings. The number of nitrogens with zero attached hydrogens (tertiary/aromatic N) is 1. The lowest BCUT2D eigenvalue weighted by Gasteiger charge is -2.23. The standard InChI is InChI=1S/C18H29N3O/c1-13(2)22-17-11-14(3)9-10-15(17)12-20-18(19)21-16-7-5-4-6-8-16/h9-11,13,16H,4-8,12H2,1-3H3,(H3,19,20,21). The van der Waals surface area contributed by atoms with Gasteiger partial charge in [0.05, 0.1) is 12.6 Å². The van der Waals surface area contributed by atoms with Gasteiger partial charge in [-0.05, 0) is 45.2 Å². The molecule has 0 aromatic heterocycles. The van der Waals surface area contributed by atoms with Gasteiger partial charge in [0.2, 0.25) is 0 Å². The molecule has 2 rings (SSSR count). The molecule has 122 valence electrons. The summed E-state index contributed by atoms with van der Waals surface area (Å²) in [5, 5.41) is 3.35. The predicted octanol–water partition coefficient (Wildman–Crippen LogP) is 3.52. The molecule has 1 aromatic carbocycles. The molecule has 0 unspecified atom stereocenters. The summed E-state index contributed by atoms with van der Waals surface area (Å²) in [5.41, 5.74) is 8.30. The van der Waals surface area contributed by atoms with Crippen LogP contribution in [0.1, 0.15) is 57.1 Å².